The Bertz CT molecular complexity index is 1090. The zero-order valence-electron chi connectivity index (χ0n) is 15.0. The zero-order valence-corrected chi connectivity index (χ0v) is 15.8. The highest BCUT2D eigenvalue weighted by Crippen LogP contribution is 2.27. The fraction of sp³-hybridized carbons (Fsp3) is 0.375. The molecule has 0 radical (unpaired) electrons. The quantitative estimate of drug-likeness (QED) is 0.687. The molecule has 1 saturated heterocycles. The highest BCUT2D eigenvalue weighted by molar-refractivity contribution is 6.34. The van der Waals surface area contributed by atoms with Crippen molar-refractivity contribution in [2.24, 2.45) is 0 Å². The molecule has 13 heteroatoms. The van der Waals surface area contributed by atoms with Crippen LogP contribution in [0.1, 0.15) is 34.8 Å². The van der Waals surface area contributed by atoms with E-state index in [1.54, 1.807) is 0 Å². The van der Waals surface area contributed by atoms with E-state index in [2.05, 4.69) is 30.4 Å². The average molecular weight is 427 g/mol. The van der Waals surface area contributed by atoms with Gasteiger partial charge in [0.1, 0.15) is 5.82 Å². The van der Waals surface area contributed by atoms with Crippen molar-refractivity contribution in [1.82, 2.24) is 29.5 Å². The van der Waals surface area contributed by atoms with Gasteiger partial charge in [0.2, 0.25) is 5.95 Å². The van der Waals surface area contributed by atoms with Gasteiger partial charge in [-0.05, 0) is 19.8 Å². The van der Waals surface area contributed by atoms with Gasteiger partial charge in [-0.15, -0.1) is 5.10 Å². The molecule has 1 fully saturated rings. The van der Waals surface area contributed by atoms with Crippen molar-refractivity contribution < 1.29 is 18.0 Å². The Hall–Kier alpha value is -3.02. The molecular formula is C16H14ClF3N8O. The normalized spacial score (nSPS) is 14.6. The predicted octanol–water partition coefficient (Wildman–Crippen LogP) is 2.75. The lowest BCUT2D eigenvalue weighted by Gasteiger charge is -2.15. The van der Waals surface area contributed by atoms with Crippen LogP contribution in [0.15, 0.2) is 12.3 Å². The molecule has 0 bridgehead atoms. The molecule has 152 valence electrons. The van der Waals surface area contributed by atoms with E-state index in [9.17, 15) is 18.0 Å². The summed E-state index contributed by atoms with van der Waals surface area (Å²) < 4.78 is 39.4. The summed E-state index contributed by atoms with van der Waals surface area (Å²) in [6, 6.07) is 1.37. The maximum Gasteiger partial charge on any atom is 0.453 e. The van der Waals surface area contributed by atoms with Crippen LogP contribution in [0.2, 0.25) is 5.02 Å². The number of fused-ring (bicyclic) bond motifs is 1. The molecule has 3 aromatic rings. The molecule has 4 rings (SSSR count). The summed E-state index contributed by atoms with van der Waals surface area (Å²) in [5.41, 5.74) is 0.250. The van der Waals surface area contributed by atoms with Crippen molar-refractivity contribution in [2.75, 3.05) is 23.3 Å². The molecule has 1 aliphatic rings. The minimum atomic E-state index is -4.70. The number of hydrogen-bond donors (Lipinski definition) is 1. The number of aromatic nitrogens is 6. The summed E-state index contributed by atoms with van der Waals surface area (Å²) in [4.78, 5) is 30.3. The molecule has 0 aliphatic carbocycles. The Labute approximate surface area is 166 Å². The van der Waals surface area contributed by atoms with Crippen LogP contribution in [0.4, 0.5) is 24.9 Å². The summed E-state index contributed by atoms with van der Waals surface area (Å²) in [5.74, 6) is -1.88. The first kappa shape index (κ1) is 19.3. The van der Waals surface area contributed by atoms with Crippen LogP contribution >= 0.6 is 11.6 Å². The molecule has 4 heterocycles. The number of rotatable bonds is 3. The van der Waals surface area contributed by atoms with Crippen LogP contribution in [0.5, 0.6) is 0 Å². The van der Waals surface area contributed by atoms with E-state index in [-0.39, 0.29) is 22.3 Å². The highest BCUT2D eigenvalue weighted by Gasteiger charge is 2.36. The largest absolute Gasteiger partial charge is 0.453 e. The average Bonchev–Trinajstić information content (AvgIpc) is 3.31. The first-order valence-corrected chi connectivity index (χ1v) is 9.00. The predicted molar refractivity (Wildman–Crippen MR) is 97.0 cm³/mol. The molecular weight excluding hydrogens is 413 g/mol. The van der Waals surface area contributed by atoms with E-state index in [0.29, 0.717) is 11.6 Å². The molecule has 0 saturated carbocycles. The number of carbonyl (C=O) groups excluding carboxylic acids is 1. The molecule has 1 aliphatic heterocycles. The van der Waals surface area contributed by atoms with E-state index >= 15 is 0 Å². The van der Waals surface area contributed by atoms with Crippen LogP contribution in [0.3, 0.4) is 0 Å². The lowest BCUT2D eigenvalue weighted by atomic mass is 10.3. The van der Waals surface area contributed by atoms with Gasteiger partial charge in [0, 0.05) is 24.8 Å². The van der Waals surface area contributed by atoms with E-state index in [0.717, 1.165) is 30.4 Å². The minimum Gasteiger partial charge on any atom is -0.341 e. The van der Waals surface area contributed by atoms with Gasteiger partial charge < -0.3 is 10.2 Å². The maximum absolute atomic E-state index is 12.8. The van der Waals surface area contributed by atoms with Gasteiger partial charge in [0.15, 0.2) is 5.69 Å². The summed E-state index contributed by atoms with van der Waals surface area (Å²) in [6.07, 6.45) is -1.35. The monoisotopic (exact) mass is 426 g/mol. The molecule has 9 nitrogen and oxygen atoms in total. The van der Waals surface area contributed by atoms with Gasteiger partial charge in [-0.25, -0.2) is 14.5 Å². The lowest BCUT2D eigenvalue weighted by Crippen LogP contribution is -2.23. The van der Waals surface area contributed by atoms with Crippen molar-refractivity contribution in [2.45, 2.75) is 25.9 Å². The Morgan fingerprint density at radius 3 is 2.62 bits per heavy atom. The topological polar surface area (TPSA) is 101 Å². The number of amides is 1. The van der Waals surface area contributed by atoms with Crippen molar-refractivity contribution in [3.8, 4) is 0 Å². The van der Waals surface area contributed by atoms with Crippen molar-refractivity contribution in [3.63, 3.8) is 0 Å². The second-order valence-electron chi connectivity index (χ2n) is 6.44. The van der Waals surface area contributed by atoms with E-state index in [1.165, 1.54) is 19.2 Å². The highest BCUT2D eigenvalue weighted by atomic mass is 35.5. The fourth-order valence-corrected chi connectivity index (χ4v) is 3.13. The Balaban J connectivity index is 1.63. The minimum absolute atomic E-state index is 0.00136. The second kappa shape index (κ2) is 7.10. The standard InChI is InChI=1S/C16H14ClF3N8O/c1-8-6-10(23-15-25-13(16(18,19)20)26-28(8)15)22-12(29)11-9(17)7-21-14(24-11)27-4-2-3-5-27/h6-7H,2-5H2,1H3,(H,22,23,25,26,29). The first-order chi connectivity index (χ1) is 13.7. The number of carbonyl (C=O) groups is 1. The molecule has 0 atom stereocenters. The third kappa shape index (κ3) is 3.79. The Kier molecular flexibility index (Phi) is 4.73. The first-order valence-electron chi connectivity index (χ1n) is 8.63. The molecule has 1 amide bonds. The van der Waals surface area contributed by atoms with Crippen LogP contribution in [-0.2, 0) is 6.18 Å². The van der Waals surface area contributed by atoms with Crippen molar-refractivity contribution in [1.29, 1.82) is 0 Å². The number of alkyl halides is 3. The van der Waals surface area contributed by atoms with Gasteiger partial charge >= 0.3 is 6.18 Å². The van der Waals surface area contributed by atoms with Gasteiger partial charge in [0.05, 0.1) is 11.2 Å². The fourth-order valence-electron chi connectivity index (χ4n) is 2.96. The van der Waals surface area contributed by atoms with E-state index in [1.807, 2.05) is 4.90 Å². The summed E-state index contributed by atoms with van der Waals surface area (Å²) in [6.45, 7) is 3.09. The molecule has 0 unspecified atom stereocenters. The molecule has 29 heavy (non-hydrogen) atoms. The maximum atomic E-state index is 12.8. The summed E-state index contributed by atoms with van der Waals surface area (Å²) >= 11 is 6.07. The van der Waals surface area contributed by atoms with Crippen LogP contribution in [0.25, 0.3) is 5.78 Å². The molecule has 0 aromatic carbocycles. The zero-order chi connectivity index (χ0) is 20.8. The number of halogens is 4. The van der Waals surface area contributed by atoms with Crippen molar-refractivity contribution in [3.05, 3.63) is 34.5 Å². The summed E-state index contributed by atoms with van der Waals surface area (Å²) in [5, 5.41) is 5.93. The smallest absolute Gasteiger partial charge is 0.341 e. The lowest BCUT2D eigenvalue weighted by molar-refractivity contribution is -0.144. The summed E-state index contributed by atoms with van der Waals surface area (Å²) in [7, 11) is 0. The molecule has 0 spiro atoms. The van der Waals surface area contributed by atoms with Crippen molar-refractivity contribution >= 4 is 35.1 Å². The third-order valence-electron chi connectivity index (χ3n) is 4.32. The molecule has 3 aromatic heterocycles. The third-order valence-corrected chi connectivity index (χ3v) is 4.60. The van der Waals surface area contributed by atoms with Crippen LogP contribution in [0, 0.1) is 6.92 Å². The van der Waals surface area contributed by atoms with Gasteiger partial charge in [0.25, 0.3) is 17.5 Å². The van der Waals surface area contributed by atoms with Gasteiger partial charge in [-0.2, -0.15) is 23.1 Å². The number of anilines is 2. The SMILES string of the molecule is Cc1cc(NC(=O)c2nc(N3CCCC3)ncc2Cl)nc2nc(C(F)(F)F)nn12. The second-order valence-corrected chi connectivity index (χ2v) is 6.85. The van der Waals surface area contributed by atoms with E-state index < -0.39 is 17.9 Å². The number of nitrogens with one attached hydrogen (secondary N) is 1. The van der Waals surface area contributed by atoms with Gasteiger partial charge in [-0.1, -0.05) is 11.6 Å². The number of hydrogen-bond acceptors (Lipinski definition) is 7. The number of aryl methyl sites for hydroxylation is 1. The Morgan fingerprint density at radius 1 is 1.21 bits per heavy atom. The van der Waals surface area contributed by atoms with Crippen LogP contribution < -0.4 is 10.2 Å². The molecule has 1 N–H and O–H groups in total. The Morgan fingerprint density at radius 2 is 1.93 bits per heavy atom. The van der Waals surface area contributed by atoms with E-state index in [4.69, 9.17) is 11.6 Å². The van der Waals surface area contributed by atoms with Gasteiger partial charge in [-0.3, -0.25) is 4.79 Å². The van der Waals surface area contributed by atoms with Crippen LogP contribution in [-0.4, -0.2) is 48.5 Å². The number of nitrogens with zero attached hydrogens (tertiary/aromatic N) is 7.